The number of benzene rings is 6. The van der Waals surface area contributed by atoms with E-state index in [4.69, 9.17) is 0 Å². The van der Waals surface area contributed by atoms with E-state index in [9.17, 15) is 0 Å². The number of rotatable bonds is 0. The summed E-state index contributed by atoms with van der Waals surface area (Å²) in [6, 6.07) is 42.7. The molecule has 0 aliphatic carbocycles. The van der Waals surface area contributed by atoms with Crippen molar-refractivity contribution < 1.29 is 0 Å². The third-order valence-electron chi connectivity index (χ3n) is 9.26. The molecule has 0 radical (unpaired) electrons. The van der Waals surface area contributed by atoms with Crippen molar-refractivity contribution in [2.45, 2.75) is 0 Å². The van der Waals surface area contributed by atoms with Gasteiger partial charge in [-0.05, 0) is 30.3 Å². The van der Waals surface area contributed by atoms with E-state index in [-0.39, 0.29) is 0 Å². The molecule has 0 spiro atoms. The fourth-order valence-electron chi connectivity index (χ4n) is 7.91. The molecule has 0 aliphatic heterocycles. The third-order valence-corrected chi connectivity index (χ3v) is 9.26. The first kappa shape index (κ1) is 18.9. The van der Waals surface area contributed by atoms with E-state index in [1.165, 1.54) is 92.7 Å². The predicted octanol–water partition coefficient (Wildman–Crippen LogP) is 9.39. The van der Waals surface area contributed by atoms with Gasteiger partial charge in [0.25, 0.3) is 0 Å². The molecule has 0 aliphatic rings. The second-order valence-electron chi connectivity index (χ2n) is 10.9. The van der Waals surface area contributed by atoms with Gasteiger partial charge in [0.05, 0.1) is 49.7 Å². The lowest BCUT2D eigenvalue weighted by molar-refractivity contribution is 1.26. The highest BCUT2D eigenvalue weighted by atomic mass is 15.0. The van der Waals surface area contributed by atoms with Crippen molar-refractivity contribution in [2.24, 2.45) is 0 Å². The van der Waals surface area contributed by atoms with Crippen LogP contribution in [0.1, 0.15) is 0 Å². The summed E-state index contributed by atoms with van der Waals surface area (Å²) in [5.41, 5.74) is 11.5. The highest BCUT2D eigenvalue weighted by Gasteiger charge is 2.26. The minimum absolute atomic E-state index is 1.25. The van der Waals surface area contributed by atoms with Gasteiger partial charge in [-0.15, -0.1) is 0 Å². The summed E-state index contributed by atoms with van der Waals surface area (Å²) < 4.78 is 7.56. The molecule has 0 fully saturated rings. The van der Waals surface area contributed by atoms with Crippen LogP contribution < -0.4 is 0 Å². The van der Waals surface area contributed by atoms with Crippen molar-refractivity contribution in [3.05, 3.63) is 115 Å². The van der Waals surface area contributed by atoms with E-state index in [1.807, 2.05) is 0 Å². The number of aromatic nitrogens is 3. The maximum Gasteiger partial charge on any atom is 0.0791 e. The lowest BCUT2D eigenvalue weighted by Crippen LogP contribution is -1.97. The second kappa shape index (κ2) is 6.06. The zero-order valence-electron chi connectivity index (χ0n) is 20.8. The Bertz CT molecular complexity index is 2820. The largest absolute Gasteiger partial charge is 0.308 e. The summed E-state index contributed by atoms with van der Waals surface area (Å²) in [5, 5.41) is 10.6. The monoisotopic (exact) mass is 493 g/mol. The van der Waals surface area contributed by atoms with Crippen LogP contribution in [0.3, 0.4) is 0 Å². The standard InChI is InChI=1S/C36H19N3/c1-4-15-26-20(9-1)22-12-7-14-25-32-30(38(26)34(22)25)19-31-36-33(32)24-11-3-6-17-28(24)37(36)29-18-8-13-23-21-10-2-5-16-27(21)39(31)35(23)29/h1-19H. The van der Waals surface area contributed by atoms with Gasteiger partial charge in [-0.25, -0.2) is 0 Å². The van der Waals surface area contributed by atoms with Crippen LogP contribution in [0.5, 0.6) is 0 Å². The summed E-state index contributed by atoms with van der Waals surface area (Å²) in [6.07, 6.45) is 0. The quantitative estimate of drug-likeness (QED) is 0.187. The summed E-state index contributed by atoms with van der Waals surface area (Å²) in [5.74, 6) is 0. The highest BCUT2D eigenvalue weighted by molar-refractivity contribution is 6.36. The molecule has 6 aromatic carbocycles. The Morgan fingerprint density at radius 2 is 0.769 bits per heavy atom. The second-order valence-corrected chi connectivity index (χ2v) is 10.9. The molecule has 0 saturated carbocycles. The van der Waals surface area contributed by atoms with Gasteiger partial charge in [0.15, 0.2) is 0 Å². The van der Waals surface area contributed by atoms with Crippen molar-refractivity contribution in [3.8, 4) is 0 Å². The zero-order chi connectivity index (χ0) is 25.0. The molecule has 0 N–H and O–H groups in total. The molecule has 3 heteroatoms. The fourth-order valence-corrected chi connectivity index (χ4v) is 7.91. The normalized spacial score (nSPS) is 13.1. The SMILES string of the molecule is c1ccc2c(c1)c1cccc3c4c5c6ccccc6n6c7cccc8c9ccccc9n(c(cc4n2c13)c56)c87. The summed E-state index contributed by atoms with van der Waals surface area (Å²) in [4.78, 5) is 0. The molecule has 39 heavy (non-hydrogen) atoms. The van der Waals surface area contributed by atoms with Gasteiger partial charge in [0.1, 0.15) is 0 Å². The topological polar surface area (TPSA) is 13.2 Å². The van der Waals surface area contributed by atoms with Crippen LogP contribution >= 0.6 is 0 Å². The molecular weight excluding hydrogens is 474 g/mol. The number of nitrogens with zero attached hydrogens (tertiary/aromatic N) is 3. The highest BCUT2D eigenvalue weighted by Crippen LogP contribution is 2.47. The number of para-hydroxylation sites is 5. The van der Waals surface area contributed by atoms with E-state index in [1.54, 1.807) is 0 Å². The van der Waals surface area contributed by atoms with Crippen LogP contribution in [0.15, 0.2) is 115 Å². The summed E-state index contributed by atoms with van der Waals surface area (Å²) in [6.45, 7) is 0. The molecular formula is C36H19N3. The number of hydrogen-bond donors (Lipinski definition) is 0. The molecule has 5 aromatic heterocycles. The minimum Gasteiger partial charge on any atom is -0.308 e. The Morgan fingerprint density at radius 3 is 1.51 bits per heavy atom. The third kappa shape index (κ3) is 1.89. The van der Waals surface area contributed by atoms with E-state index >= 15 is 0 Å². The molecule has 11 rings (SSSR count). The average Bonchev–Trinajstić information content (AvgIpc) is 3.71. The Labute approximate surface area is 221 Å². The molecule has 0 unspecified atom stereocenters. The fraction of sp³-hybridized carbons (Fsp3) is 0. The van der Waals surface area contributed by atoms with Crippen molar-refractivity contribution in [2.75, 3.05) is 0 Å². The van der Waals surface area contributed by atoms with Crippen LogP contribution in [0.4, 0.5) is 0 Å². The van der Waals surface area contributed by atoms with Crippen LogP contribution in [0.2, 0.25) is 0 Å². The molecule has 5 heterocycles. The maximum absolute atomic E-state index is 2.52. The molecule has 178 valence electrons. The van der Waals surface area contributed by atoms with Gasteiger partial charge in [0, 0.05) is 43.1 Å². The van der Waals surface area contributed by atoms with E-state index in [0.29, 0.717) is 0 Å². The molecule has 11 aromatic rings. The van der Waals surface area contributed by atoms with E-state index in [2.05, 4.69) is 128 Å². The molecule has 0 amide bonds. The Kier molecular flexibility index (Phi) is 2.93. The van der Waals surface area contributed by atoms with Crippen LogP contribution in [0, 0.1) is 0 Å². The average molecular weight is 494 g/mol. The van der Waals surface area contributed by atoms with Crippen molar-refractivity contribution in [3.63, 3.8) is 0 Å². The Morgan fingerprint density at radius 1 is 0.282 bits per heavy atom. The lowest BCUT2D eigenvalue weighted by atomic mass is 10.0. The van der Waals surface area contributed by atoms with Gasteiger partial charge in [-0.1, -0.05) is 84.9 Å². The minimum atomic E-state index is 1.25. The molecule has 0 bridgehead atoms. The van der Waals surface area contributed by atoms with Crippen molar-refractivity contribution >= 4 is 92.7 Å². The van der Waals surface area contributed by atoms with E-state index < -0.39 is 0 Å². The van der Waals surface area contributed by atoms with Crippen LogP contribution in [0.25, 0.3) is 92.7 Å². The predicted molar refractivity (Wildman–Crippen MR) is 164 cm³/mol. The Balaban J connectivity index is 1.60. The maximum atomic E-state index is 2.52. The first-order chi connectivity index (χ1) is 19.4. The Hall–Kier alpha value is -5.28. The number of hydrogen-bond acceptors (Lipinski definition) is 0. The van der Waals surface area contributed by atoms with Gasteiger partial charge in [-0.3, -0.25) is 0 Å². The summed E-state index contributed by atoms with van der Waals surface area (Å²) >= 11 is 0. The zero-order valence-corrected chi connectivity index (χ0v) is 20.8. The van der Waals surface area contributed by atoms with Crippen LogP contribution in [-0.2, 0) is 0 Å². The van der Waals surface area contributed by atoms with Gasteiger partial charge >= 0.3 is 0 Å². The lowest BCUT2D eigenvalue weighted by Gasteiger charge is -2.12. The molecule has 0 atom stereocenters. The van der Waals surface area contributed by atoms with Crippen LogP contribution in [-0.4, -0.2) is 13.2 Å². The number of fused-ring (bicyclic) bond motifs is 15. The molecule has 0 saturated heterocycles. The van der Waals surface area contributed by atoms with Gasteiger partial charge < -0.3 is 13.2 Å². The smallest absolute Gasteiger partial charge is 0.0791 e. The van der Waals surface area contributed by atoms with Crippen molar-refractivity contribution in [1.82, 2.24) is 13.2 Å². The van der Waals surface area contributed by atoms with Gasteiger partial charge in [0.2, 0.25) is 0 Å². The van der Waals surface area contributed by atoms with E-state index in [0.717, 1.165) is 0 Å². The van der Waals surface area contributed by atoms with Crippen molar-refractivity contribution in [1.29, 1.82) is 0 Å². The molecule has 3 nitrogen and oxygen atoms in total. The first-order valence-corrected chi connectivity index (χ1v) is 13.6. The first-order valence-electron chi connectivity index (χ1n) is 13.6. The van der Waals surface area contributed by atoms with Gasteiger partial charge in [-0.2, -0.15) is 0 Å². The summed E-state index contributed by atoms with van der Waals surface area (Å²) in [7, 11) is 0.